The van der Waals surface area contributed by atoms with Gasteiger partial charge in [0, 0.05) is 23.8 Å². The number of carbonyl (C=O) groups is 2. The van der Waals surface area contributed by atoms with Gasteiger partial charge in [-0.3, -0.25) is 9.59 Å². The van der Waals surface area contributed by atoms with E-state index in [0.717, 1.165) is 6.42 Å². The van der Waals surface area contributed by atoms with E-state index in [-0.39, 0.29) is 0 Å². The van der Waals surface area contributed by atoms with Gasteiger partial charge in [-0.2, -0.15) is 0 Å². The molecule has 1 saturated heterocycles. The van der Waals surface area contributed by atoms with E-state index < -0.39 is 11.8 Å². The molecule has 1 N–H and O–H groups in total. The van der Waals surface area contributed by atoms with Crippen LogP contribution in [0.4, 0.5) is 5.69 Å². The number of hydrogen-bond acceptors (Lipinski definition) is 2. The first-order valence-corrected chi connectivity index (χ1v) is 7.19. The van der Waals surface area contributed by atoms with Gasteiger partial charge in [0.05, 0.1) is 0 Å². The van der Waals surface area contributed by atoms with E-state index in [4.69, 9.17) is 11.6 Å². The van der Waals surface area contributed by atoms with Crippen LogP contribution in [0.3, 0.4) is 0 Å². The predicted octanol–water partition coefficient (Wildman–Crippen LogP) is 2.78. The van der Waals surface area contributed by atoms with Crippen molar-refractivity contribution in [3.05, 3.63) is 29.3 Å². The van der Waals surface area contributed by atoms with Gasteiger partial charge in [-0.05, 0) is 42.5 Å². The standard InChI is InChI=1S/C15H19ClN2O2/c1-10-7-11(2)9-18(8-10)15(20)14(19)17-13-5-3-12(16)4-6-13/h3-6,10-11H,7-9H2,1-2H3,(H,17,19). The van der Waals surface area contributed by atoms with Gasteiger partial charge in [-0.1, -0.05) is 25.4 Å². The van der Waals surface area contributed by atoms with Crippen LogP contribution in [0, 0.1) is 11.8 Å². The molecule has 2 rings (SSSR count). The molecular formula is C15H19ClN2O2. The maximum absolute atomic E-state index is 12.1. The van der Waals surface area contributed by atoms with Gasteiger partial charge in [-0.15, -0.1) is 0 Å². The van der Waals surface area contributed by atoms with Gasteiger partial charge in [0.25, 0.3) is 0 Å². The zero-order valence-electron chi connectivity index (χ0n) is 11.7. The number of anilines is 1. The Bertz CT molecular complexity index is 491. The lowest BCUT2D eigenvalue weighted by Crippen LogP contribution is -2.47. The van der Waals surface area contributed by atoms with Crippen LogP contribution in [0.25, 0.3) is 0 Å². The number of rotatable bonds is 1. The largest absolute Gasteiger partial charge is 0.334 e. The Labute approximate surface area is 124 Å². The van der Waals surface area contributed by atoms with Crippen molar-refractivity contribution >= 4 is 29.1 Å². The van der Waals surface area contributed by atoms with Crippen molar-refractivity contribution in [1.29, 1.82) is 0 Å². The summed E-state index contributed by atoms with van der Waals surface area (Å²) in [4.78, 5) is 25.8. The lowest BCUT2D eigenvalue weighted by Gasteiger charge is -2.34. The van der Waals surface area contributed by atoms with Gasteiger partial charge in [-0.25, -0.2) is 0 Å². The number of nitrogens with one attached hydrogen (secondary N) is 1. The molecule has 20 heavy (non-hydrogen) atoms. The van der Waals surface area contributed by atoms with E-state index >= 15 is 0 Å². The Balaban J connectivity index is 1.98. The Morgan fingerprint density at radius 2 is 1.70 bits per heavy atom. The molecular weight excluding hydrogens is 276 g/mol. The topological polar surface area (TPSA) is 49.4 Å². The summed E-state index contributed by atoms with van der Waals surface area (Å²) in [6.07, 6.45) is 1.10. The van der Waals surface area contributed by atoms with Crippen LogP contribution in [0.15, 0.2) is 24.3 Å². The van der Waals surface area contributed by atoms with Gasteiger partial charge in [0.15, 0.2) is 0 Å². The smallest absolute Gasteiger partial charge is 0.313 e. The highest BCUT2D eigenvalue weighted by molar-refractivity contribution is 6.39. The fourth-order valence-electron chi connectivity index (χ4n) is 2.69. The summed E-state index contributed by atoms with van der Waals surface area (Å²) in [5, 5.41) is 3.20. The third-order valence-electron chi connectivity index (χ3n) is 3.45. The first-order chi connectivity index (χ1) is 9.45. The van der Waals surface area contributed by atoms with Crippen molar-refractivity contribution in [2.24, 2.45) is 11.8 Å². The number of piperidine rings is 1. The van der Waals surface area contributed by atoms with Crippen molar-refractivity contribution in [3.8, 4) is 0 Å². The summed E-state index contributed by atoms with van der Waals surface area (Å²) in [7, 11) is 0. The van der Waals surface area contributed by atoms with Crippen LogP contribution >= 0.6 is 11.6 Å². The second-order valence-corrected chi connectivity index (χ2v) is 6.05. The molecule has 1 aromatic rings. The molecule has 2 atom stereocenters. The van der Waals surface area contributed by atoms with E-state index in [9.17, 15) is 9.59 Å². The summed E-state index contributed by atoms with van der Waals surface area (Å²) in [5.41, 5.74) is 0.575. The number of hydrogen-bond donors (Lipinski definition) is 1. The molecule has 0 saturated carbocycles. The molecule has 0 aliphatic carbocycles. The van der Waals surface area contributed by atoms with Crippen LogP contribution in [0.2, 0.25) is 5.02 Å². The maximum Gasteiger partial charge on any atom is 0.313 e. The van der Waals surface area contributed by atoms with Crippen LogP contribution in [-0.4, -0.2) is 29.8 Å². The lowest BCUT2D eigenvalue weighted by molar-refractivity contribution is -0.144. The van der Waals surface area contributed by atoms with Crippen molar-refractivity contribution < 1.29 is 9.59 Å². The van der Waals surface area contributed by atoms with Gasteiger partial charge >= 0.3 is 11.8 Å². The maximum atomic E-state index is 12.1. The summed E-state index contributed by atoms with van der Waals surface area (Å²) < 4.78 is 0. The van der Waals surface area contributed by atoms with Gasteiger partial charge in [0.1, 0.15) is 0 Å². The molecule has 0 spiro atoms. The van der Waals surface area contributed by atoms with Crippen LogP contribution in [-0.2, 0) is 9.59 Å². The monoisotopic (exact) mass is 294 g/mol. The molecule has 1 heterocycles. The summed E-state index contributed by atoms with van der Waals surface area (Å²) in [6, 6.07) is 6.70. The molecule has 0 bridgehead atoms. The number of carbonyl (C=O) groups excluding carboxylic acids is 2. The quantitative estimate of drug-likeness (QED) is 0.810. The van der Waals surface area contributed by atoms with E-state index in [2.05, 4.69) is 19.2 Å². The highest BCUT2D eigenvalue weighted by Crippen LogP contribution is 2.21. The Hall–Kier alpha value is -1.55. The van der Waals surface area contributed by atoms with Crippen LogP contribution in [0.5, 0.6) is 0 Å². The number of likely N-dealkylation sites (tertiary alicyclic amines) is 1. The first kappa shape index (κ1) is 14.9. The fourth-order valence-corrected chi connectivity index (χ4v) is 2.82. The molecule has 1 aliphatic heterocycles. The molecule has 0 aromatic heterocycles. The highest BCUT2D eigenvalue weighted by atomic mass is 35.5. The molecule has 2 amide bonds. The van der Waals surface area contributed by atoms with Crippen LogP contribution < -0.4 is 5.32 Å². The Morgan fingerprint density at radius 3 is 2.25 bits per heavy atom. The SMILES string of the molecule is CC1CC(C)CN(C(=O)C(=O)Nc2ccc(Cl)cc2)C1. The minimum absolute atomic E-state index is 0.436. The molecule has 4 nitrogen and oxygen atoms in total. The van der Waals surface area contributed by atoms with Crippen molar-refractivity contribution in [3.63, 3.8) is 0 Å². The zero-order valence-corrected chi connectivity index (χ0v) is 12.5. The second-order valence-electron chi connectivity index (χ2n) is 5.62. The van der Waals surface area contributed by atoms with Crippen molar-refractivity contribution in [1.82, 2.24) is 4.90 Å². The minimum Gasteiger partial charge on any atom is -0.334 e. The lowest BCUT2D eigenvalue weighted by atomic mass is 9.92. The van der Waals surface area contributed by atoms with E-state index in [0.29, 0.717) is 35.6 Å². The Kier molecular flexibility index (Phi) is 4.65. The predicted molar refractivity (Wildman–Crippen MR) is 79.6 cm³/mol. The van der Waals surface area contributed by atoms with Gasteiger partial charge in [0.2, 0.25) is 0 Å². The summed E-state index contributed by atoms with van der Waals surface area (Å²) >= 11 is 5.78. The van der Waals surface area contributed by atoms with Crippen molar-refractivity contribution in [2.75, 3.05) is 18.4 Å². The minimum atomic E-state index is -0.589. The zero-order chi connectivity index (χ0) is 14.7. The normalized spacial score (nSPS) is 22.4. The summed E-state index contributed by atoms with van der Waals surface area (Å²) in [6.45, 7) is 5.51. The van der Waals surface area contributed by atoms with E-state index in [1.165, 1.54) is 0 Å². The molecule has 1 aliphatic rings. The average molecular weight is 295 g/mol. The van der Waals surface area contributed by atoms with E-state index in [1.54, 1.807) is 29.2 Å². The average Bonchev–Trinajstić information content (AvgIpc) is 2.39. The number of benzene rings is 1. The molecule has 0 radical (unpaired) electrons. The Morgan fingerprint density at radius 1 is 1.15 bits per heavy atom. The third-order valence-corrected chi connectivity index (χ3v) is 3.70. The number of nitrogens with zero attached hydrogens (tertiary/aromatic N) is 1. The fraction of sp³-hybridized carbons (Fsp3) is 0.467. The molecule has 108 valence electrons. The van der Waals surface area contributed by atoms with Crippen LogP contribution in [0.1, 0.15) is 20.3 Å². The van der Waals surface area contributed by atoms with Gasteiger partial charge < -0.3 is 10.2 Å². The number of amides is 2. The molecule has 1 aromatic carbocycles. The first-order valence-electron chi connectivity index (χ1n) is 6.81. The molecule has 2 unspecified atom stereocenters. The number of halogens is 1. The second kappa shape index (κ2) is 6.27. The molecule has 1 fully saturated rings. The van der Waals surface area contributed by atoms with E-state index in [1.807, 2.05) is 0 Å². The molecule has 5 heteroatoms. The highest BCUT2D eigenvalue weighted by Gasteiger charge is 2.29. The summed E-state index contributed by atoms with van der Waals surface area (Å²) in [5.74, 6) is -0.177. The third kappa shape index (κ3) is 3.73. The van der Waals surface area contributed by atoms with Crippen molar-refractivity contribution in [2.45, 2.75) is 20.3 Å².